The molecular formula is C14H18N2O. The van der Waals surface area contributed by atoms with Crippen LogP contribution in [-0.4, -0.2) is 38.0 Å². The molecule has 1 spiro atoms. The van der Waals surface area contributed by atoms with Gasteiger partial charge in [0.1, 0.15) is 0 Å². The number of fused-ring (bicyclic) bond motifs is 2. The summed E-state index contributed by atoms with van der Waals surface area (Å²) < 4.78 is 0. The molecule has 90 valence electrons. The summed E-state index contributed by atoms with van der Waals surface area (Å²) in [5.41, 5.74) is 3.13. The number of nitrogens with zero attached hydrogens (tertiary/aromatic N) is 2. The summed E-state index contributed by atoms with van der Waals surface area (Å²) in [5.74, 6) is 0. The van der Waals surface area contributed by atoms with Crippen LogP contribution in [0, 0.1) is 0 Å². The van der Waals surface area contributed by atoms with Crippen molar-refractivity contribution in [3.8, 4) is 0 Å². The van der Waals surface area contributed by atoms with Gasteiger partial charge in [0.15, 0.2) is 0 Å². The highest BCUT2D eigenvalue weighted by Crippen LogP contribution is 2.45. The number of hydrogen-bond acceptors (Lipinski definition) is 2. The number of amides is 1. The Hall–Kier alpha value is -1.51. The Morgan fingerprint density at radius 1 is 1.24 bits per heavy atom. The fourth-order valence-corrected chi connectivity index (χ4v) is 3.36. The average molecular weight is 230 g/mol. The van der Waals surface area contributed by atoms with Crippen LogP contribution in [0.5, 0.6) is 0 Å². The largest absolute Gasteiger partial charge is 0.373 e. The highest BCUT2D eigenvalue weighted by Gasteiger charge is 2.43. The third-order valence-corrected chi connectivity index (χ3v) is 4.33. The van der Waals surface area contributed by atoms with Gasteiger partial charge in [0, 0.05) is 37.8 Å². The molecule has 3 rings (SSSR count). The molecular weight excluding hydrogens is 212 g/mol. The Balaban J connectivity index is 1.93. The van der Waals surface area contributed by atoms with Crippen molar-refractivity contribution in [3.63, 3.8) is 0 Å². The van der Waals surface area contributed by atoms with Crippen LogP contribution in [0.4, 0.5) is 5.69 Å². The van der Waals surface area contributed by atoms with Crippen molar-refractivity contribution in [2.45, 2.75) is 18.3 Å². The van der Waals surface area contributed by atoms with Gasteiger partial charge in [0.05, 0.1) is 0 Å². The maximum absolute atomic E-state index is 10.8. The molecule has 0 bridgehead atoms. The molecule has 2 heterocycles. The van der Waals surface area contributed by atoms with Gasteiger partial charge in [-0.15, -0.1) is 0 Å². The number of carbonyl (C=O) groups is 1. The minimum Gasteiger partial charge on any atom is -0.373 e. The standard InChI is InChI=1S/C14H18N2O/c1-15-10-14(6-8-16(11-17)9-7-14)12-4-2-3-5-13(12)15/h2-5,11H,6-10H2,1H3. The average Bonchev–Trinajstić information content (AvgIpc) is 2.65. The fraction of sp³-hybridized carbons (Fsp3) is 0.500. The summed E-state index contributed by atoms with van der Waals surface area (Å²) in [5, 5.41) is 0. The van der Waals surface area contributed by atoms with Gasteiger partial charge in [-0.2, -0.15) is 0 Å². The first-order valence-corrected chi connectivity index (χ1v) is 6.25. The number of likely N-dealkylation sites (tertiary alicyclic amines) is 1. The van der Waals surface area contributed by atoms with E-state index in [-0.39, 0.29) is 5.41 Å². The van der Waals surface area contributed by atoms with Gasteiger partial charge in [-0.05, 0) is 24.5 Å². The van der Waals surface area contributed by atoms with Crippen molar-refractivity contribution in [2.75, 3.05) is 31.6 Å². The van der Waals surface area contributed by atoms with E-state index in [0.717, 1.165) is 38.9 Å². The Kier molecular flexibility index (Phi) is 2.35. The maximum Gasteiger partial charge on any atom is 0.209 e. The predicted molar refractivity (Wildman–Crippen MR) is 68.3 cm³/mol. The molecule has 1 saturated heterocycles. The zero-order valence-corrected chi connectivity index (χ0v) is 10.2. The molecule has 0 unspecified atom stereocenters. The summed E-state index contributed by atoms with van der Waals surface area (Å²) in [6, 6.07) is 8.70. The van der Waals surface area contributed by atoms with Crippen LogP contribution in [0.1, 0.15) is 18.4 Å². The molecule has 0 atom stereocenters. The molecule has 1 aromatic rings. The maximum atomic E-state index is 10.8. The number of rotatable bonds is 1. The van der Waals surface area contributed by atoms with E-state index in [9.17, 15) is 4.79 Å². The minimum atomic E-state index is 0.283. The molecule has 1 aromatic carbocycles. The molecule has 2 aliphatic heterocycles. The van der Waals surface area contributed by atoms with Crippen molar-refractivity contribution in [1.29, 1.82) is 0 Å². The van der Waals surface area contributed by atoms with E-state index >= 15 is 0 Å². The molecule has 1 amide bonds. The Morgan fingerprint density at radius 3 is 2.65 bits per heavy atom. The molecule has 0 saturated carbocycles. The van der Waals surface area contributed by atoms with Crippen molar-refractivity contribution in [2.24, 2.45) is 0 Å². The van der Waals surface area contributed by atoms with Crippen molar-refractivity contribution in [1.82, 2.24) is 4.90 Å². The van der Waals surface area contributed by atoms with Crippen LogP contribution in [0.3, 0.4) is 0 Å². The lowest BCUT2D eigenvalue weighted by atomic mass is 9.74. The second-order valence-electron chi connectivity index (χ2n) is 5.29. The molecule has 0 aliphatic carbocycles. The van der Waals surface area contributed by atoms with Gasteiger partial charge in [-0.3, -0.25) is 4.79 Å². The van der Waals surface area contributed by atoms with Crippen molar-refractivity contribution < 1.29 is 4.79 Å². The Labute approximate surface area is 102 Å². The smallest absolute Gasteiger partial charge is 0.209 e. The van der Waals surface area contributed by atoms with Gasteiger partial charge < -0.3 is 9.80 Å². The predicted octanol–water partition coefficient (Wildman–Crippen LogP) is 1.63. The van der Waals surface area contributed by atoms with E-state index < -0.39 is 0 Å². The molecule has 0 N–H and O–H groups in total. The number of hydrogen-bond donors (Lipinski definition) is 0. The zero-order valence-electron chi connectivity index (χ0n) is 10.2. The molecule has 3 nitrogen and oxygen atoms in total. The van der Waals surface area contributed by atoms with E-state index in [1.807, 2.05) is 4.90 Å². The van der Waals surface area contributed by atoms with Gasteiger partial charge in [0.2, 0.25) is 6.41 Å². The summed E-state index contributed by atoms with van der Waals surface area (Å²) in [6.45, 7) is 2.89. The normalized spacial score (nSPS) is 21.7. The van der Waals surface area contributed by atoms with Crippen LogP contribution in [0.15, 0.2) is 24.3 Å². The molecule has 0 radical (unpaired) electrons. The molecule has 1 fully saturated rings. The van der Waals surface area contributed by atoms with E-state index in [1.54, 1.807) is 0 Å². The van der Waals surface area contributed by atoms with Crippen molar-refractivity contribution >= 4 is 12.1 Å². The second kappa shape index (κ2) is 3.76. The first-order valence-electron chi connectivity index (χ1n) is 6.25. The third kappa shape index (κ3) is 1.53. The van der Waals surface area contributed by atoms with Crippen LogP contribution in [0.25, 0.3) is 0 Å². The highest BCUT2D eigenvalue weighted by atomic mass is 16.1. The monoisotopic (exact) mass is 230 g/mol. The SMILES string of the molecule is CN1CC2(CCN(C=O)CC2)c2ccccc21. The van der Waals surface area contributed by atoms with E-state index in [0.29, 0.717) is 0 Å². The highest BCUT2D eigenvalue weighted by molar-refractivity contribution is 5.62. The van der Waals surface area contributed by atoms with Crippen molar-refractivity contribution in [3.05, 3.63) is 29.8 Å². The number of carbonyl (C=O) groups excluding carboxylic acids is 1. The number of para-hydroxylation sites is 1. The van der Waals surface area contributed by atoms with Gasteiger partial charge in [0.25, 0.3) is 0 Å². The van der Waals surface area contributed by atoms with E-state index in [4.69, 9.17) is 0 Å². The Bertz CT molecular complexity index is 436. The molecule has 2 aliphatic rings. The first kappa shape index (κ1) is 10.6. The lowest BCUT2D eigenvalue weighted by molar-refractivity contribution is -0.119. The fourth-order valence-electron chi connectivity index (χ4n) is 3.36. The van der Waals surface area contributed by atoms with Crippen LogP contribution in [-0.2, 0) is 10.2 Å². The second-order valence-corrected chi connectivity index (χ2v) is 5.29. The van der Waals surface area contributed by atoms with Crippen LogP contribution < -0.4 is 4.90 Å². The van der Waals surface area contributed by atoms with Gasteiger partial charge >= 0.3 is 0 Å². The quantitative estimate of drug-likeness (QED) is 0.685. The lowest BCUT2D eigenvalue weighted by Gasteiger charge is -2.38. The van der Waals surface area contributed by atoms with Crippen LogP contribution >= 0.6 is 0 Å². The summed E-state index contributed by atoms with van der Waals surface area (Å²) in [4.78, 5) is 15.0. The topological polar surface area (TPSA) is 23.6 Å². The number of benzene rings is 1. The van der Waals surface area contributed by atoms with Crippen LogP contribution in [0.2, 0.25) is 0 Å². The minimum absolute atomic E-state index is 0.283. The zero-order chi connectivity index (χ0) is 11.9. The van der Waals surface area contributed by atoms with Gasteiger partial charge in [-0.25, -0.2) is 0 Å². The summed E-state index contributed by atoms with van der Waals surface area (Å²) in [6.07, 6.45) is 3.16. The number of anilines is 1. The molecule has 17 heavy (non-hydrogen) atoms. The third-order valence-electron chi connectivity index (χ3n) is 4.33. The number of piperidine rings is 1. The molecule has 3 heteroatoms. The number of likely N-dealkylation sites (N-methyl/N-ethyl adjacent to an activating group) is 1. The van der Waals surface area contributed by atoms with Gasteiger partial charge in [-0.1, -0.05) is 18.2 Å². The lowest BCUT2D eigenvalue weighted by Crippen LogP contribution is -2.44. The molecule has 0 aromatic heterocycles. The van der Waals surface area contributed by atoms with E-state index in [1.165, 1.54) is 11.3 Å². The Morgan fingerprint density at radius 2 is 1.94 bits per heavy atom. The first-order chi connectivity index (χ1) is 8.25. The summed E-state index contributed by atoms with van der Waals surface area (Å²) in [7, 11) is 2.17. The van der Waals surface area contributed by atoms with E-state index in [2.05, 4.69) is 36.2 Å². The summed E-state index contributed by atoms with van der Waals surface area (Å²) >= 11 is 0.